The number of rotatable bonds is 7. The fourth-order valence-electron chi connectivity index (χ4n) is 1.24. The van der Waals surface area contributed by atoms with Gasteiger partial charge in [-0.3, -0.25) is 0 Å². The van der Waals surface area contributed by atoms with E-state index in [4.69, 9.17) is 9.47 Å². The first kappa shape index (κ1) is 12.0. The highest BCUT2D eigenvalue weighted by Gasteiger charge is 2.01. The van der Waals surface area contributed by atoms with Crippen molar-refractivity contribution < 1.29 is 9.47 Å². The Balaban J connectivity index is 2.52. The summed E-state index contributed by atoms with van der Waals surface area (Å²) >= 11 is 0. The lowest BCUT2D eigenvalue weighted by Crippen LogP contribution is -2.13. The van der Waals surface area contributed by atoms with E-state index >= 15 is 0 Å². The lowest BCUT2D eigenvalue weighted by Gasteiger charge is -2.11. The number of benzene rings is 1. The molecule has 0 saturated heterocycles. The molecule has 0 aromatic heterocycles. The summed E-state index contributed by atoms with van der Waals surface area (Å²) in [6, 6.07) is 8.01. The summed E-state index contributed by atoms with van der Waals surface area (Å²) < 4.78 is 10.7. The Kier molecular flexibility index (Phi) is 5.81. The number of para-hydroxylation sites is 1. The van der Waals surface area contributed by atoms with E-state index in [2.05, 4.69) is 18.3 Å². The first-order valence-electron chi connectivity index (χ1n) is 5.37. The lowest BCUT2D eigenvalue weighted by atomic mass is 10.2. The summed E-state index contributed by atoms with van der Waals surface area (Å²) in [5, 5.41) is 3.27. The smallest absolute Gasteiger partial charge is 0.189 e. The molecule has 1 aromatic rings. The lowest BCUT2D eigenvalue weighted by molar-refractivity contribution is 0.0218. The fourth-order valence-corrected chi connectivity index (χ4v) is 1.24. The van der Waals surface area contributed by atoms with Gasteiger partial charge in [-0.15, -0.1) is 0 Å². The number of ether oxygens (including phenoxy) is 2. The van der Waals surface area contributed by atoms with Crippen molar-refractivity contribution in [3.8, 4) is 5.75 Å². The van der Waals surface area contributed by atoms with Gasteiger partial charge in [0.05, 0.1) is 0 Å². The third-order valence-electron chi connectivity index (χ3n) is 2.04. The first-order valence-corrected chi connectivity index (χ1v) is 5.37. The normalized spacial score (nSPS) is 10.3. The molecule has 1 N–H and O–H groups in total. The number of nitrogens with one attached hydrogen (secondary N) is 1. The van der Waals surface area contributed by atoms with Gasteiger partial charge < -0.3 is 14.8 Å². The molecule has 0 saturated carbocycles. The zero-order chi connectivity index (χ0) is 10.9. The van der Waals surface area contributed by atoms with Gasteiger partial charge >= 0.3 is 0 Å². The second-order valence-electron chi connectivity index (χ2n) is 3.14. The van der Waals surface area contributed by atoms with Gasteiger partial charge in [-0.05, 0) is 19.5 Å². The van der Waals surface area contributed by atoms with Crippen molar-refractivity contribution in [2.24, 2.45) is 0 Å². The summed E-state index contributed by atoms with van der Waals surface area (Å²) in [6.45, 7) is 6.82. The van der Waals surface area contributed by atoms with Crippen LogP contribution < -0.4 is 10.1 Å². The van der Waals surface area contributed by atoms with Crippen LogP contribution in [0, 0.1) is 0 Å². The van der Waals surface area contributed by atoms with E-state index in [-0.39, 0.29) is 0 Å². The molecule has 15 heavy (non-hydrogen) atoms. The molecule has 0 radical (unpaired) electrons. The largest absolute Gasteiger partial charge is 0.467 e. The Morgan fingerprint density at radius 2 is 2.00 bits per heavy atom. The highest BCUT2D eigenvalue weighted by atomic mass is 16.7. The highest BCUT2D eigenvalue weighted by molar-refractivity contribution is 5.33. The molecule has 84 valence electrons. The molecule has 3 nitrogen and oxygen atoms in total. The molecule has 0 unspecified atom stereocenters. The van der Waals surface area contributed by atoms with Crippen LogP contribution >= 0.6 is 0 Å². The van der Waals surface area contributed by atoms with Crippen LogP contribution in [-0.2, 0) is 11.3 Å². The molecule has 0 fully saturated rings. The molecule has 0 aliphatic rings. The molecule has 0 amide bonds. The second-order valence-corrected chi connectivity index (χ2v) is 3.14. The van der Waals surface area contributed by atoms with Crippen LogP contribution in [0.4, 0.5) is 0 Å². The molecular weight excluding hydrogens is 190 g/mol. The van der Waals surface area contributed by atoms with E-state index in [0.29, 0.717) is 13.4 Å². The van der Waals surface area contributed by atoms with Crippen LogP contribution in [0.25, 0.3) is 0 Å². The Morgan fingerprint density at radius 1 is 1.20 bits per heavy atom. The Labute approximate surface area is 91.4 Å². The zero-order valence-electron chi connectivity index (χ0n) is 9.45. The van der Waals surface area contributed by atoms with Crippen molar-refractivity contribution >= 4 is 0 Å². The van der Waals surface area contributed by atoms with E-state index in [1.807, 2.05) is 25.1 Å². The Hall–Kier alpha value is -1.06. The van der Waals surface area contributed by atoms with E-state index in [1.54, 1.807) is 0 Å². The van der Waals surface area contributed by atoms with E-state index in [1.165, 1.54) is 5.56 Å². The molecule has 0 aliphatic carbocycles. The van der Waals surface area contributed by atoms with Gasteiger partial charge in [-0.25, -0.2) is 0 Å². The van der Waals surface area contributed by atoms with Crippen LogP contribution in [0.3, 0.4) is 0 Å². The average molecular weight is 209 g/mol. The molecule has 0 aliphatic heterocycles. The number of hydrogen-bond donors (Lipinski definition) is 1. The maximum absolute atomic E-state index is 5.51. The Morgan fingerprint density at radius 3 is 2.73 bits per heavy atom. The third kappa shape index (κ3) is 4.32. The molecule has 0 spiro atoms. The third-order valence-corrected chi connectivity index (χ3v) is 2.04. The van der Waals surface area contributed by atoms with Gasteiger partial charge in [0.2, 0.25) is 0 Å². The summed E-state index contributed by atoms with van der Waals surface area (Å²) in [6.07, 6.45) is 0. The number of hydrogen-bond acceptors (Lipinski definition) is 3. The van der Waals surface area contributed by atoms with E-state index < -0.39 is 0 Å². The van der Waals surface area contributed by atoms with Gasteiger partial charge in [-0.2, -0.15) is 0 Å². The van der Waals surface area contributed by atoms with Crippen molar-refractivity contribution in [1.29, 1.82) is 0 Å². The van der Waals surface area contributed by atoms with Gasteiger partial charge in [0.1, 0.15) is 5.75 Å². The summed E-state index contributed by atoms with van der Waals surface area (Å²) in [5.41, 5.74) is 1.17. The van der Waals surface area contributed by atoms with Crippen molar-refractivity contribution in [3.63, 3.8) is 0 Å². The topological polar surface area (TPSA) is 30.5 Å². The predicted octanol–water partition coefficient (Wildman–Crippen LogP) is 2.17. The van der Waals surface area contributed by atoms with Gasteiger partial charge in [0.15, 0.2) is 6.79 Å². The molecule has 1 rings (SSSR count). The van der Waals surface area contributed by atoms with Crippen LogP contribution in [0.5, 0.6) is 5.75 Å². The van der Waals surface area contributed by atoms with Crippen molar-refractivity contribution in [2.75, 3.05) is 19.9 Å². The van der Waals surface area contributed by atoms with Gasteiger partial charge in [0, 0.05) is 18.7 Å². The second kappa shape index (κ2) is 7.26. The monoisotopic (exact) mass is 209 g/mol. The predicted molar refractivity (Wildman–Crippen MR) is 60.9 cm³/mol. The SMILES string of the molecule is CCNCc1ccccc1OCOCC. The molecular formula is C12H19NO2. The molecule has 0 atom stereocenters. The van der Waals surface area contributed by atoms with Gasteiger partial charge in [-0.1, -0.05) is 25.1 Å². The van der Waals surface area contributed by atoms with Crippen LogP contribution in [-0.4, -0.2) is 19.9 Å². The van der Waals surface area contributed by atoms with Crippen molar-refractivity contribution in [1.82, 2.24) is 5.32 Å². The van der Waals surface area contributed by atoms with E-state index in [9.17, 15) is 0 Å². The maximum atomic E-state index is 5.51. The molecule has 1 aromatic carbocycles. The maximum Gasteiger partial charge on any atom is 0.189 e. The summed E-state index contributed by atoms with van der Waals surface area (Å²) in [7, 11) is 0. The molecule has 3 heteroatoms. The summed E-state index contributed by atoms with van der Waals surface area (Å²) in [4.78, 5) is 0. The van der Waals surface area contributed by atoms with E-state index in [0.717, 1.165) is 18.8 Å². The van der Waals surface area contributed by atoms with Crippen LogP contribution in [0.2, 0.25) is 0 Å². The van der Waals surface area contributed by atoms with Crippen LogP contribution in [0.15, 0.2) is 24.3 Å². The minimum absolute atomic E-state index is 0.319. The summed E-state index contributed by atoms with van der Waals surface area (Å²) in [5.74, 6) is 0.895. The standard InChI is InChI=1S/C12H19NO2/c1-3-13-9-11-7-5-6-8-12(11)15-10-14-4-2/h5-8,13H,3-4,9-10H2,1-2H3. The average Bonchev–Trinajstić information content (AvgIpc) is 2.28. The Bertz CT molecular complexity index is 276. The molecule has 0 bridgehead atoms. The van der Waals surface area contributed by atoms with Crippen molar-refractivity contribution in [3.05, 3.63) is 29.8 Å². The quantitative estimate of drug-likeness (QED) is 0.551. The fraction of sp³-hybridized carbons (Fsp3) is 0.500. The molecule has 0 heterocycles. The zero-order valence-corrected chi connectivity index (χ0v) is 9.45. The van der Waals surface area contributed by atoms with Crippen molar-refractivity contribution in [2.45, 2.75) is 20.4 Å². The minimum Gasteiger partial charge on any atom is -0.467 e. The highest BCUT2D eigenvalue weighted by Crippen LogP contribution is 2.17. The van der Waals surface area contributed by atoms with Crippen LogP contribution in [0.1, 0.15) is 19.4 Å². The minimum atomic E-state index is 0.319. The first-order chi connectivity index (χ1) is 7.38. The van der Waals surface area contributed by atoms with Gasteiger partial charge in [0.25, 0.3) is 0 Å².